The number of carboxylic acid groups (broad SMARTS) is 1. The lowest BCUT2D eigenvalue weighted by molar-refractivity contribution is 0.0696. The van der Waals surface area contributed by atoms with Crippen molar-refractivity contribution in [1.29, 1.82) is 0 Å². The molecule has 0 saturated carbocycles. The van der Waals surface area contributed by atoms with Crippen LogP contribution in [0.15, 0.2) is 71.6 Å². The third kappa shape index (κ3) is 3.89. The Morgan fingerprint density at radius 3 is 2.23 bits per heavy atom. The van der Waals surface area contributed by atoms with Gasteiger partial charge in [-0.3, -0.25) is 4.31 Å². The van der Waals surface area contributed by atoms with E-state index in [1.807, 2.05) is 31.2 Å². The summed E-state index contributed by atoms with van der Waals surface area (Å²) >= 11 is 0. The number of sulfonamides is 1. The molecule has 1 aliphatic heterocycles. The summed E-state index contributed by atoms with van der Waals surface area (Å²) in [5, 5.41) is 9.19. The summed E-state index contributed by atoms with van der Waals surface area (Å²) in [4.78, 5) is 11.4. The maximum Gasteiger partial charge on any atom is 0.335 e. The molecule has 0 fully saturated rings. The summed E-state index contributed by atoms with van der Waals surface area (Å²) in [6.07, 6.45) is 1.27. The summed E-state index contributed by atoms with van der Waals surface area (Å²) in [5.41, 5.74) is 2.54. The Hall–Kier alpha value is -3.32. The molecule has 3 aromatic rings. The zero-order chi connectivity index (χ0) is 21.3. The minimum absolute atomic E-state index is 0.158. The van der Waals surface area contributed by atoms with Crippen LogP contribution in [0, 0.1) is 6.92 Å². The van der Waals surface area contributed by atoms with Gasteiger partial charge in [0, 0.05) is 6.54 Å². The second kappa shape index (κ2) is 7.84. The van der Waals surface area contributed by atoms with Crippen LogP contribution in [0.5, 0.6) is 11.5 Å². The SMILES string of the molecule is Cc1ccc(Oc2ccc(S(=O)(=O)N3CCCc4cc(C(=O)O)ccc43)cc2)cc1. The topological polar surface area (TPSA) is 83.9 Å². The number of aryl methyl sites for hydroxylation is 2. The van der Waals surface area contributed by atoms with E-state index >= 15 is 0 Å². The molecule has 1 heterocycles. The molecule has 1 aliphatic rings. The molecule has 0 saturated heterocycles. The van der Waals surface area contributed by atoms with Crippen LogP contribution >= 0.6 is 0 Å². The molecule has 0 amide bonds. The van der Waals surface area contributed by atoms with E-state index in [1.165, 1.54) is 22.5 Å². The monoisotopic (exact) mass is 423 g/mol. The molecular weight excluding hydrogens is 402 g/mol. The van der Waals surface area contributed by atoms with E-state index in [2.05, 4.69) is 0 Å². The number of carboxylic acids is 1. The van der Waals surface area contributed by atoms with Crippen molar-refractivity contribution in [3.05, 3.63) is 83.4 Å². The first-order chi connectivity index (χ1) is 14.3. The van der Waals surface area contributed by atoms with Gasteiger partial charge in [-0.25, -0.2) is 13.2 Å². The van der Waals surface area contributed by atoms with Gasteiger partial charge < -0.3 is 9.84 Å². The van der Waals surface area contributed by atoms with Gasteiger partial charge in [0.05, 0.1) is 16.1 Å². The minimum Gasteiger partial charge on any atom is -0.478 e. The lowest BCUT2D eigenvalue weighted by atomic mass is 10.0. The highest BCUT2D eigenvalue weighted by atomic mass is 32.2. The van der Waals surface area contributed by atoms with Crippen molar-refractivity contribution in [3.8, 4) is 11.5 Å². The Morgan fingerprint density at radius 2 is 1.60 bits per heavy atom. The molecule has 0 unspecified atom stereocenters. The number of benzene rings is 3. The third-order valence-corrected chi connectivity index (χ3v) is 6.90. The number of rotatable bonds is 5. The highest BCUT2D eigenvalue weighted by Crippen LogP contribution is 2.33. The molecule has 4 rings (SSSR count). The van der Waals surface area contributed by atoms with E-state index in [0.717, 1.165) is 11.1 Å². The molecule has 0 aliphatic carbocycles. The molecule has 30 heavy (non-hydrogen) atoms. The fourth-order valence-corrected chi connectivity index (χ4v) is 5.04. The van der Waals surface area contributed by atoms with E-state index in [9.17, 15) is 18.3 Å². The van der Waals surface area contributed by atoms with Crippen LogP contribution in [0.25, 0.3) is 0 Å². The molecule has 3 aromatic carbocycles. The lowest BCUT2D eigenvalue weighted by Crippen LogP contribution is -2.35. The summed E-state index contributed by atoms with van der Waals surface area (Å²) in [6.45, 7) is 2.34. The Kier molecular flexibility index (Phi) is 5.22. The second-order valence-electron chi connectivity index (χ2n) is 7.22. The third-order valence-electron chi connectivity index (χ3n) is 5.07. The molecule has 7 heteroatoms. The summed E-state index contributed by atoms with van der Waals surface area (Å²) < 4.78 is 33.6. The molecule has 154 valence electrons. The van der Waals surface area contributed by atoms with Crippen molar-refractivity contribution < 1.29 is 23.1 Å². The summed E-state index contributed by atoms with van der Waals surface area (Å²) in [7, 11) is -3.77. The standard InChI is InChI=1S/C23H21NO5S/c1-16-4-7-19(8-5-16)29-20-9-11-21(12-10-20)30(27,28)24-14-2-3-17-15-18(23(25)26)6-13-22(17)24/h4-13,15H,2-3,14H2,1H3,(H,25,26). The quantitative estimate of drug-likeness (QED) is 0.647. The van der Waals surface area contributed by atoms with Crippen molar-refractivity contribution in [3.63, 3.8) is 0 Å². The van der Waals surface area contributed by atoms with Gasteiger partial charge in [0.1, 0.15) is 11.5 Å². The number of hydrogen-bond acceptors (Lipinski definition) is 4. The minimum atomic E-state index is -3.77. The van der Waals surface area contributed by atoms with Gasteiger partial charge in [-0.15, -0.1) is 0 Å². The Labute approximate surface area is 175 Å². The average Bonchev–Trinajstić information content (AvgIpc) is 2.75. The van der Waals surface area contributed by atoms with Crippen LogP contribution in [-0.2, 0) is 16.4 Å². The van der Waals surface area contributed by atoms with Crippen molar-refractivity contribution in [2.75, 3.05) is 10.8 Å². The molecular formula is C23H21NO5S. The van der Waals surface area contributed by atoms with Crippen molar-refractivity contribution >= 4 is 21.7 Å². The van der Waals surface area contributed by atoms with Crippen molar-refractivity contribution in [2.45, 2.75) is 24.7 Å². The summed E-state index contributed by atoms with van der Waals surface area (Å²) in [6, 6.07) is 18.5. The molecule has 0 bridgehead atoms. The molecule has 1 N–H and O–H groups in total. The smallest absolute Gasteiger partial charge is 0.335 e. The highest BCUT2D eigenvalue weighted by Gasteiger charge is 2.29. The van der Waals surface area contributed by atoms with E-state index in [-0.39, 0.29) is 10.5 Å². The fourth-order valence-electron chi connectivity index (χ4n) is 3.49. The normalized spacial score (nSPS) is 13.6. The highest BCUT2D eigenvalue weighted by molar-refractivity contribution is 7.92. The average molecular weight is 423 g/mol. The van der Waals surface area contributed by atoms with E-state index in [1.54, 1.807) is 24.3 Å². The van der Waals surface area contributed by atoms with Gasteiger partial charge in [0.15, 0.2) is 0 Å². The molecule has 0 atom stereocenters. The molecule has 0 spiro atoms. The van der Waals surface area contributed by atoms with Crippen LogP contribution in [0.1, 0.15) is 27.9 Å². The van der Waals surface area contributed by atoms with Gasteiger partial charge in [0.25, 0.3) is 10.0 Å². The van der Waals surface area contributed by atoms with E-state index in [4.69, 9.17) is 4.74 Å². The number of carbonyl (C=O) groups is 1. The van der Waals surface area contributed by atoms with Crippen molar-refractivity contribution in [1.82, 2.24) is 0 Å². The van der Waals surface area contributed by atoms with Crippen LogP contribution in [0.3, 0.4) is 0 Å². The number of aromatic carboxylic acids is 1. The van der Waals surface area contributed by atoms with Crippen LogP contribution in [0.2, 0.25) is 0 Å². The Balaban J connectivity index is 1.60. The van der Waals surface area contributed by atoms with E-state index < -0.39 is 16.0 Å². The van der Waals surface area contributed by atoms with Gasteiger partial charge in [-0.05, 0) is 79.9 Å². The number of nitrogens with zero attached hydrogens (tertiary/aromatic N) is 1. The second-order valence-corrected chi connectivity index (χ2v) is 9.08. The van der Waals surface area contributed by atoms with E-state index in [0.29, 0.717) is 36.6 Å². The zero-order valence-electron chi connectivity index (χ0n) is 16.4. The predicted octanol–water partition coefficient (Wildman–Crippen LogP) is 4.63. The number of hydrogen-bond donors (Lipinski definition) is 1. The molecule has 6 nitrogen and oxygen atoms in total. The molecule has 0 aromatic heterocycles. The van der Waals surface area contributed by atoms with Gasteiger partial charge in [-0.1, -0.05) is 17.7 Å². The van der Waals surface area contributed by atoms with Gasteiger partial charge >= 0.3 is 5.97 Å². The van der Waals surface area contributed by atoms with Crippen LogP contribution < -0.4 is 9.04 Å². The number of anilines is 1. The van der Waals surface area contributed by atoms with Crippen LogP contribution in [-0.4, -0.2) is 26.0 Å². The Bertz CT molecular complexity index is 1190. The fraction of sp³-hybridized carbons (Fsp3) is 0.174. The maximum absolute atomic E-state index is 13.2. The van der Waals surface area contributed by atoms with Crippen LogP contribution in [0.4, 0.5) is 5.69 Å². The lowest BCUT2D eigenvalue weighted by Gasteiger charge is -2.30. The Morgan fingerprint density at radius 1 is 0.967 bits per heavy atom. The summed E-state index contributed by atoms with van der Waals surface area (Å²) in [5.74, 6) is 0.195. The first-order valence-corrected chi connectivity index (χ1v) is 11.0. The largest absolute Gasteiger partial charge is 0.478 e. The number of fused-ring (bicyclic) bond motifs is 1. The van der Waals surface area contributed by atoms with Crippen molar-refractivity contribution in [2.24, 2.45) is 0 Å². The first-order valence-electron chi connectivity index (χ1n) is 9.58. The maximum atomic E-state index is 13.2. The zero-order valence-corrected chi connectivity index (χ0v) is 17.2. The molecule has 0 radical (unpaired) electrons. The predicted molar refractivity (Wildman–Crippen MR) is 114 cm³/mol. The van der Waals surface area contributed by atoms with Gasteiger partial charge in [-0.2, -0.15) is 0 Å². The first kappa shape index (κ1) is 20.0. The van der Waals surface area contributed by atoms with Gasteiger partial charge in [0.2, 0.25) is 0 Å². The number of ether oxygens (including phenoxy) is 1.